The van der Waals surface area contributed by atoms with Crippen molar-refractivity contribution in [2.24, 2.45) is 5.92 Å². The number of esters is 2. The molecule has 0 heterocycles. The van der Waals surface area contributed by atoms with E-state index in [-0.39, 0.29) is 18.6 Å². The van der Waals surface area contributed by atoms with Crippen LogP contribution in [0.3, 0.4) is 0 Å². The highest BCUT2D eigenvalue weighted by Crippen LogP contribution is 2.18. The lowest BCUT2D eigenvalue weighted by molar-refractivity contribution is -0.161. The molecule has 5 heteroatoms. The van der Waals surface area contributed by atoms with Crippen LogP contribution in [0, 0.1) is 5.92 Å². The standard InChI is InChI=1S/C16H26O5/c1-6-7-8-13(17)10-9-12(15(19)20-5)11-14(18)21-16(2,3)4/h6,12H,1,7-11H2,2-5H3. The van der Waals surface area contributed by atoms with Crippen molar-refractivity contribution in [1.29, 1.82) is 0 Å². The van der Waals surface area contributed by atoms with E-state index >= 15 is 0 Å². The fourth-order valence-corrected chi connectivity index (χ4v) is 1.78. The summed E-state index contributed by atoms with van der Waals surface area (Å²) in [7, 11) is 1.27. The van der Waals surface area contributed by atoms with Crippen LogP contribution in [0.4, 0.5) is 0 Å². The van der Waals surface area contributed by atoms with E-state index in [0.717, 1.165) is 0 Å². The van der Waals surface area contributed by atoms with Gasteiger partial charge in [-0.1, -0.05) is 6.08 Å². The zero-order valence-corrected chi connectivity index (χ0v) is 13.4. The van der Waals surface area contributed by atoms with Crippen LogP contribution in [0.1, 0.15) is 52.9 Å². The lowest BCUT2D eigenvalue weighted by Crippen LogP contribution is -2.28. The maximum absolute atomic E-state index is 11.8. The molecule has 0 fully saturated rings. The topological polar surface area (TPSA) is 69.7 Å². The molecule has 0 N–H and O–H groups in total. The number of ether oxygens (including phenoxy) is 2. The number of Topliss-reactive ketones (excluding diaryl/α,β-unsaturated/α-hetero) is 1. The van der Waals surface area contributed by atoms with Gasteiger partial charge in [0.1, 0.15) is 11.4 Å². The molecule has 0 aromatic heterocycles. The van der Waals surface area contributed by atoms with E-state index in [2.05, 4.69) is 11.3 Å². The molecule has 5 nitrogen and oxygen atoms in total. The summed E-state index contributed by atoms with van der Waals surface area (Å²) in [4.78, 5) is 35.1. The van der Waals surface area contributed by atoms with Crippen molar-refractivity contribution in [3.63, 3.8) is 0 Å². The number of methoxy groups -OCH3 is 1. The largest absolute Gasteiger partial charge is 0.469 e. The van der Waals surface area contributed by atoms with E-state index in [4.69, 9.17) is 4.74 Å². The van der Waals surface area contributed by atoms with Crippen molar-refractivity contribution in [1.82, 2.24) is 0 Å². The Bertz CT molecular complexity index is 379. The fourth-order valence-electron chi connectivity index (χ4n) is 1.78. The fraction of sp³-hybridized carbons (Fsp3) is 0.688. The molecule has 0 radical (unpaired) electrons. The van der Waals surface area contributed by atoms with Crippen LogP contribution in [-0.2, 0) is 23.9 Å². The molecule has 0 amide bonds. The van der Waals surface area contributed by atoms with Crippen LogP contribution in [0.2, 0.25) is 0 Å². The Morgan fingerprint density at radius 3 is 2.29 bits per heavy atom. The van der Waals surface area contributed by atoms with Crippen molar-refractivity contribution in [3.8, 4) is 0 Å². The minimum Gasteiger partial charge on any atom is -0.469 e. The van der Waals surface area contributed by atoms with E-state index < -0.39 is 23.5 Å². The molecule has 0 saturated carbocycles. The minimum absolute atomic E-state index is 0.0491. The first-order valence-electron chi connectivity index (χ1n) is 7.12. The van der Waals surface area contributed by atoms with Gasteiger partial charge in [0.15, 0.2) is 0 Å². The maximum Gasteiger partial charge on any atom is 0.309 e. The average Bonchev–Trinajstić information content (AvgIpc) is 2.37. The Hall–Kier alpha value is -1.65. The van der Waals surface area contributed by atoms with E-state index in [1.165, 1.54) is 7.11 Å². The molecule has 1 atom stereocenters. The van der Waals surface area contributed by atoms with E-state index in [0.29, 0.717) is 19.3 Å². The first-order valence-corrected chi connectivity index (χ1v) is 7.12. The van der Waals surface area contributed by atoms with Crippen LogP contribution < -0.4 is 0 Å². The van der Waals surface area contributed by atoms with Crippen LogP contribution in [0.5, 0.6) is 0 Å². The van der Waals surface area contributed by atoms with Crippen LogP contribution in [0.15, 0.2) is 12.7 Å². The third-order valence-corrected chi connectivity index (χ3v) is 2.77. The van der Waals surface area contributed by atoms with Crippen molar-refractivity contribution in [3.05, 3.63) is 12.7 Å². The molecular weight excluding hydrogens is 272 g/mol. The van der Waals surface area contributed by atoms with Gasteiger partial charge < -0.3 is 9.47 Å². The van der Waals surface area contributed by atoms with Crippen molar-refractivity contribution < 1.29 is 23.9 Å². The van der Waals surface area contributed by atoms with Crippen molar-refractivity contribution in [2.75, 3.05) is 7.11 Å². The first kappa shape index (κ1) is 19.4. The molecular formula is C16H26O5. The number of allylic oxidation sites excluding steroid dienone is 1. The zero-order valence-electron chi connectivity index (χ0n) is 13.4. The SMILES string of the molecule is C=CCCC(=O)CCC(CC(=O)OC(C)(C)C)C(=O)OC. The predicted molar refractivity (Wildman–Crippen MR) is 79.6 cm³/mol. The number of carbonyl (C=O) groups is 3. The highest BCUT2D eigenvalue weighted by molar-refractivity contribution is 5.82. The van der Waals surface area contributed by atoms with Gasteiger partial charge in [0.05, 0.1) is 19.4 Å². The molecule has 1 unspecified atom stereocenters. The molecule has 0 aliphatic heterocycles. The van der Waals surface area contributed by atoms with E-state index in [9.17, 15) is 14.4 Å². The predicted octanol–water partition coefficient (Wildman–Crippen LogP) is 2.82. The monoisotopic (exact) mass is 298 g/mol. The Kier molecular flexibility index (Phi) is 8.58. The van der Waals surface area contributed by atoms with Crippen molar-refractivity contribution in [2.45, 2.75) is 58.5 Å². The van der Waals surface area contributed by atoms with Gasteiger partial charge in [-0.05, 0) is 33.6 Å². The third-order valence-electron chi connectivity index (χ3n) is 2.77. The molecule has 0 spiro atoms. The molecule has 0 aromatic carbocycles. The van der Waals surface area contributed by atoms with Gasteiger partial charge in [-0.15, -0.1) is 6.58 Å². The summed E-state index contributed by atoms with van der Waals surface area (Å²) in [6.45, 7) is 8.84. The number of rotatable bonds is 9. The molecule has 21 heavy (non-hydrogen) atoms. The highest BCUT2D eigenvalue weighted by atomic mass is 16.6. The van der Waals surface area contributed by atoms with E-state index in [1.807, 2.05) is 0 Å². The summed E-state index contributed by atoms with van der Waals surface area (Å²) >= 11 is 0. The Labute approximate surface area is 126 Å². The molecule has 0 saturated heterocycles. The quantitative estimate of drug-likeness (QED) is 0.483. The van der Waals surface area contributed by atoms with Gasteiger partial charge in [-0.3, -0.25) is 14.4 Å². The number of hydrogen-bond acceptors (Lipinski definition) is 5. The third kappa shape index (κ3) is 9.82. The Balaban J connectivity index is 4.46. The van der Waals surface area contributed by atoms with Gasteiger partial charge >= 0.3 is 11.9 Å². The molecule has 0 aromatic rings. The van der Waals surface area contributed by atoms with Gasteiger partial charge in [-0.25, -0.2) is 0 Å². The summed E-state index contributed by atoms with van der Waals surface area (Å²) in [6.07, 6.45) is 3.17. The molecule has 0 bridgehead atoms. The van der Waals surface area contributed by atoms with Gasteiger partial charge in [0.25, 0.3) is 0 Å². The normalized spacial score (nSPS) is 12.4. The summed E-state index contributed by atoms with van der Waals surface area (Å²) < 4.78 is 9.87. The summed E-state index contributed by atoms with van der Waals surface area (Å²) in [5, 5.41) is 0. The number of ketones is 1. The molecule has 0 rings (SSSR count). The number of hydrogen-bond donors (Lipinski definition) is 0. The molecule has 120 valence electrons. The summed E-state index contributed by atoms with van der Waals surface area (Å²) in [6, 6.07) is 0. The lowest BCUT2D eigenvalue weighted by Gasteiger charge is -2.21. The zero-order chi connectivity index (χ0) is 16.5. The summed E-state index contributed by atoms with van der Waals surface area (Å²) in [5.41, 5.74) is -0.600. The van der Waals surface area contributed by atoms with Gasteiger partial charge in [0, 0.05) is 12.8 Å². The first-order chi connectivity index (χ1) is 9.69. The lowest BCUT2D eigenvalue weighted by atomic mass is 9.97. The molecule has 0 aliphatic rings. The second-order valence-corrected chi connectivity index (χ2v) is 5.92. The van der Waals surface area contributed by atoms with E-state index in [1.54, 1.807) is 26.8 Å². The van der Waals surface area contributed by atoms with Crippen LogP contribution >= 0.6 is 0 Å². The Morgan fingerprint density at radius 1 is 1.19 bits per heavy atom. The second kappa shape index (κ2) is 9.32. The minimum atomic E-state index is -0.641. The van der Waals surface area contributed by atoms with Crippen LogP contribution in [-0.4, -0.2) is 30.4 Å². The van der Waals surface area contributed by atoms with Gasteiger partial charge in [0.2, 0.25) is 0 Å². The van der Waals surface area contributed by atoms with Crippen molar-refractivity contribution >= 4 is 17.7 Å². The Morgan fingerprint density at radius 2 is 1.81 bits per heavy atom. The maximum atomic E-state index is 11.8. The molecule has 0 aliphatic carbocycles. The highest BCUT2D eigenvalue weighted by Gasteiger charge is 2.26. The van der Waals surface area contributed by atoms with Crippen LogP contribution in [0.25, 0.3) is 0 Å². The number of carbonyl (C=O) groups excluding carboxylic acids is 3. The smallest absolute Gasteiger partial charge is 0.309 e. The second-order valence-electron chi connectivity index (χ2n) is 5.92. The summed E-state index contributed by atoms with van der Waals surface area (Å²) in [5.74, 6) is -1.54. The van der Waals surface area contributed by atoms with Gasteiger partial charge in [-0.2, -0.15) is 0 Å². The average molecular weight is 298 g/mol.